The molecule has 0 aliphatic heterocycles. The Kier molecular flexibility index (Phi) is 7.15. The Balaban J connectivity index is 2.51. The van der Waals surface area contributed by atoms with E-state index in [1.807, 2.05) is 37.3 Å². The Bertz CT molecular complexity index is 368. The molecule has 1 amide bonds. The van der Waals surface area contributed by atoms with Gasteiger partial charge < -0.3 is 15.4 Å². The number of carbonyl (C=O) groups is 1. The SMILES string of the molecule is CCOCCN(C)C(=O)C(CN)Cc1ccccc1. The molecule has 0 aliphatic carbocycles. The molecule has 1 aromatic carbocycles. The fourth-order valence-corrected chi connectivity index (χ4v) is 1.94. The van der Waals surface area contributed by atoms with Crippen LogP contribution in [0.25, 0.3) is 0 Å². The van der Waals surface area contributed by atoms with E-state index >= 15 is 0 Å². The molecular formula is C15H24N2O2. The maximum absolute atomic E-state index is 12.3. The zero-order chi connectivity index (χ0) is 14.1. The van der Waals surface area contributed by atoms with E-state index in [2.05, 4.69) is 0 Å². The third kappa shape index (κ3) is 5.41. The summed E-state index contributed by atoms with van der Waals surface area (Å²) in [5, 5.41) is 0. The largest absolute Gasteiger partial charge is 0.380 e. The van der Waals surface area contributed by atoms with Crippen molar-refractivity contribution in [3.05, 3.63) is 35.9 Å². The molecule has 0 bridgehead atoms. The number of hydrogen-bond donors (Lipinski definition) is 1. The van der Waals surface area contributed by atoms with E-state index in [4.69, 9.17) is 10.5 Å². The Labute approximate surface area is 115 Å². The highest BCUT2D eigenvalue weighted by Gasteiger charge is 2.20. The van der Waals surface area contributed by atoms with Gasteiger partial charge in [-0.25, -0.2) is 0 Å². The van der Waals surface area contributed by atoms with E-state index in [-0.39, 0.29) is 11.8 Å². The van der Waals surface area contributed by atoms with Crippen LogP contribution in [-0.2, 0) is 16.0 Å². The van der Waals surface area contributed by atoms with Crippen LogP contribution in [0.15, 0.2) is 30.3 Å². The van der Waals surface area contributed by atoms with E-state index in [1.165, 1.54) is 0 Å². The van der Waals surface area contributed by atoms with Gasteiger partial charge in [-0.1, -0.05) is 30.3 Å². The van der Waals surface area contributed by atoms with E-state index in [1.54, 1.807) is 11.9 Å². The quantitative estimate of drug-likeness (QED) is 0.720. The number of carbonyl (C=O) groups excluding carboxylic acids is 1. The first-order chi connectivity index (χ1) is 9.19. The van der Waals surface area contributed by atoms with Crippen molar-refractivity contribution in [1.82, 2.24) is 4.90 Å². The van der Waals surface area contributed by atoms with Crippen LogP contribution in [0.4, 0.5) is 0 Å². The maximum atomic E-state index is 12.3. The van der Waals surface area contributed by atoms with Gasteiger partial charge in [0, 0.05) is 26.7 Å². The van der Waals surface area contributed by atoms with Crippen LogP contribution in [-0.4, -0.2) is 44.2 Å². The van der Waals surface area contributed by atoms with E-state index in [0.717, 1.165) is 5.56 Å². The van der Waals surface area contributed by atoms with Crippen LogP contribution < -0.4 is 5.73 Å². The summed E-state index contributed by atoms with van der Waals surface area (Å²) in [7, 11) is 1.80. The third-order valence-electron chi connectivity index (χ3n) is 3.11. The molecule has 19 heavy (non-hydrogen) atoms. The summed E-state index contributed by atoms with van der Waals surface area (Å²) in [4.78, 5) is 14.0. The van der Waals surface area contributed by atoms with Gasteiger partial charge in [-0.3, -0.25) is 4.79 Å². The predicted molar refractivity (Wildman–Crippen MR) is 76.8 cm³/mol. The summed E-state index contributed by atoms with van der Waals surface area (Å²) in [6, 6.07) is 9.97. The monoisotopic (exact) mass is 264 g/mol. The number of nitrogens with zero attached hydrogens (tertiary/aromatic N) is 1. The van der Waals surface area contributed by atoms with Crippen LogP contribution in [0, 0.1) is 5.92 Å². The van der Waals surface area contributed by atoms with Gasteiger partial charge in [0.2, 0.25) is 5.91 Å². The zero-order valence-corrected chi connectivity index (χ0v) is 11.8. The summed E-state index contributed by atoms with van der Waals surface area (Å²) < 4.78 is 5.26. The lowest BCUT2D eigenvalue weighted by Gasteiger charge is -2.23. The van der Waals surface area contributed by atoms with Gasteiger partial charge in [0.25, 0.3) is 0 Å². The first kappa shape index (κ1) is 15.7. The average molecular weight is 264 g/mol. The van der Waals surface area contributed by atoms with Crippen LogP contribution >= 0.6 is 0 Å². The molecule has 1 rings (SSSR count). The van der Waals surface area contributed by atoms with Crippen molar-refractivity contribution in [3.8, 4) is 0 Å². The second-order valence-corrected chi connectivity index (χ2v) is 4.58. The minimum atomic E-state index is -0.158. The van der Waals surface area contributed by atoms with Crippen molar-refractivity contribution in [3.63, 3.8) is 0 Å². The number of hydrogen-bond acceptors (Lipinski definition) is 3. The Morgan fingerprint density at radius 1 is 1.37 bits per heavy atom. The normalized spacial score (nSPS) is 12.2. The summed E-state index contributed by atoms with van der Waals surface area (Å²) in [5.74, 6) is -0.0694. The Hall–Kier alpha value is -1.39. The Morgan fingerprint density at radius 3 is 2.63 bits per heavy atom. The van der Waals surface area contributed by atoms with Crippen molar-refractivity contribution < 1.29 is 9.53 Å². The summed E-state index contributed by atoms with van der Waals surface area (Å²) in [6.07, 6.45) is 0.690. The number of ether oxygens (including phenoxy) is 1. The highest BCUT2D eigenvalue weighted by molar-refractivity contribution is 5.79. The molecule has 0 radical (unpaired) electrons. The van der Waals surface area contributed by atoms with Gasteiger partial charge in [-0.2, -0.15) is 0 Å². The van der Waals surface area contributed by atoms with Crippen LogP contribution in [0.5, 0.6) is 0 Å². The predicted octanol–water partition coefficient (Wildman–Crippen LogP) is 1.30. The molecule has 0 saturated heterocycles. The van der Waals surface area contributed by atoms with Crippen molar-refractivity contribution in [1.29, 1.82) is 0 Å². The maximum Gasteiger partial charge on any atom is 0.227 e. The lowest BCUT2D eigenvalue weighted by Crippen LogP contribution is -2.39. The molecule has 0 saturated carbocycles. The van der Waals surface area contributed by atoms with E-state index < -0.39 is 0 Å². The summed E-state index contributed by atoms with van der Waals surface area (Å²) in [6.45, 7) is 4.16. The number of rotatable bonds is 8. The number of amides is 1. The second-order valence-electron chi connectivity index (χ2n) is 4.58. The molecule has 4 heteroatoms. The fourth-order valence-electron chi connectivity index (χ4n) is 1.94. The molecule has 4 nitrogen and oxygen atoms in total. The second kappa shape index (κ2) is 8.67. The highest BCUT2D eigenvalue weighted by atomic mass is 16.5. The Morgan fingerprint density at radius 2 is 2.05 bits per heavy atom. The van der Waals surface area contributed by atoms with Gasteiger partial charge in [-0.15, -0.1) is 0 Å². The number of nitrogens with two attached hydrogens (primary N) is 1. The van der Waals surface area contributed by atoms with Crippen LogP contribution in [0.2, 0.25) is 0 Å². The number of likely N-dealkylation sites (N-methyl/N-ethyl adjacent to an activating group) is 1. The smallest absolute Gasteiger partial charge is 0.227 e. The molecule has 1 atom stereocenters. The minimum Gasteiger partial charge on any atom is -0.380 e. The molecule has 106 valence electrons. The lowest BCUT2D eigenvalue weighted by atomic mass is 9.98. The molecule has 0 spiro atoms. The summed E-state index contributed by atoms with van der Waals surface area (Å²) in [5.41, 5.74) is 6.88. The van der Waals surface area contributed by atoms with Gasteiger partial charge in [0.15, 0.2) is 0 Å². The third-order valence-corrected chi connectivity index (χ3v) is 3.11. The molecule has 1 aromatic rings. The minimum absolute atomic E-state index is 0.0889. The lowest BCUT2D eigenvalue weighted by molar-refractivity contribution is -0.134. The summed E-state index contributed by atoms with van der Waals surface area (Å²) >= 11 is 0. The topological polar surface area (TPSA) is 55.6 Å². The van der Waals surface area contributed by atoms with Crippen molar-refractivity contribution in [2.24, 2.45) is 11.7 Å². The molecule has 1 unspecified atom stereocenters. The molecule has 0 aromatic heterocycles. The van der Waals surface area contributed by atoms with Gasteiger partial charge >= 0.3 is 0 Å². The average Bonchev–Trinajstić information content (AvgIpc) is 2.45. The van der Waals surface area contributed by atoms with Gasteiger partial charge in [0.1, 0.15) is 0 Å². The van der Waals surface area contributed by atoms with Gasteiger partial charge in [0.05, 0.1) is 12.5 Å². The standard InChI is InChI=1S/C15H24N2O2/c1-3-19-10-9-17(2)15(18)14(12-16)11-13-7-5-4-6-8-13/h4-8,14H,3,9-12,16H2,1-2H3. The van der Waals surface area contributed by atoms with E-state index in [9.17, 15) is 4.79 Å². The van der Waals surface area contributed by atoms with Crippen LogP contribution in [0.1, 0.15) is 12.5 Å². The highest BCUT2D eigenvalue weighted by Crippen LogP contribution is 2.10. The van der Waals surface area contributed by atoms with Gasteiger partial charge in [-0.05, 0) is 18.9 Å². The molecule has 2 N–H and O–H groups in total. The number of benzene rings is 1. The van der Waals surface area contributed by atoms with E-state index in [0.29, 0.717) is 32.7 Å². The molecule has 0 heterocycles. The van der Waals surface area contributed by atoms with Crippen molar-refractivity contribution in [2.75, 3.05) is 33.4 Å². The van der Waals surface area contributed by atoms with Crippen molar-refractivity contribution in [2.45, 2.75) is 13.3 Å². The molecule has 0 fully saturated rings. The first-order valence-corrected chi connectivity index (χ1v) is 6.75. The van der Waals surface area contributed by atoms with Crippen molar-refractivity contribution >= 4 is 5.91 Å². The zero-order valence-electron chi connectivity index (χ0n) is 11.8. The fraction of sp³-hybridized carbons (Fsp3) is 0.533. The first-order valence-electron chi connectivity index (χ1n) is 6.75. The molecular weight excluding hydrogens is 240 g/mol. The molecule has 0 aliphatic rings. The van der Waals surface area contributed by atoms with Crippen LogP contribution in [0.3, 0.4) is 0 Å².